The van der Waals surface area contributed by atoms with Crippen molar-refractivity contribution in [3.8, 4) is 22.6 Å². The van der Waals surface area contributed by atoms with Crippen LogP contribution in [0.15, 0.2) is 121 Å². The number of benzene rings is 6. The monoisotopic (exact) mass is 456 g/mol. The number of fused-ring (bicyclic) bond motifs is 3. The summed E-state index contributed by atoms with van der Waals surface area (Å²) < 4.78 is 0. The molecule has 0 saturated heterocycles. The number of para-hydroxylation sites is 1. The number of pyridine rings is 2. The first-order chi connectivity index (χ1) is 17.8. The molecule has 2 heterocycles. The topological polar surface area (TPSA) is 25.8 Å². The molecule has 0 aliphatic carbocycles. The van der Waals surface area contributed by atoms with Crippen LogP contribution in [0.1, 0.15) is 0 Å². The molecular formula is C34H20N2. The normalized spacial score (nSPS) is 11.9. The van der Waals surface area contributed by atoms with Crippen LogP contribution in [0.3, 0.4) is 0 Å². The third kappa shape index (κ3) is 2.73. The van der Waals surface area contributed by atoms with Crippen molar-refractivity contribution < 1.29 is 0 Å². The van der Waals surface area contributed by atoms with Crippen molar-refractivity contribution in [2.24, 2.45) is 0 Å². The van der Waals surface area contributed by atoms with Gasteiger partial charge in [0.1, 0.15) is 0 Å². The molecule has 0 unspecified atom stereocenters. The Morgan fingerprint density at radius 1 is 0.361 bits per heavy atom. The van der Waals surface area contributed by atoms with Crippen molar-refractivity contribution in [1.29, 1.82) is 0 Å². The Bertz CT molecular complexity index is 2090. The van der Waals surface area contributed by atoms with Crippen LogP contribution in [0.5, 0.6) is 0 Å². The molecule has 166 valence electrons. The summed E-state index contributed by atoms with van der Waals surface area (Å²) >= 11 is 0. The summed E-state index contributed by atoms with van der Waals surface area (Å²) in [5.74, 6) is 0. The van der Waals surface area contributed by atoms with Crippen molar-refractivity contribution in [1.82, 2.24) is 9.97 Å². The van der Waals surface area contributed by atoms with E-state index in [1.807, 2.05) is 6.07 Å². The molecule has 8 aromatic rings. The molecule has 36 heavy (non-hydrogen) atoms. The zero-order chi connectivity index (χ0) is 23.6. The second-order valence-electron chi connectivity index (χ2n) is 9.40. The van der Waals surface area contributed by atoms with Crippen LogP contribution in [-0.4, -0.2) is 9.97 Å². The molecule has 0 N–H and O–H groups in total. The second-order valence-corrected chi connectivity index (χ2v) is 9.40. The highest BCUT2D eigenvalue weighted by Crippen LogP contribution is 2.39. The summed E-state index contributed by atoms with van der Waals surface area (Å²) in [7, 11) is 0. The molecule has 0 saturated carbocycles. The zero-order valence-corrected chi connectivity index (χ0v) is 19.4. The van der Waals surface area contributed by atoms with E-state index >= 15 is 0 Å². The van der Waals surface area contributed by atoms with Gasteiger partial charge >= 0.3 is 0 Å². The molecule has 2 heteroatoms. The predicted molar refractivity (Wildman–Crippen MR) is 152 cm³/mol. The average Bonchev–Trinajstić information content (AvgIpc) is 2.95. The lowest BCUT2D eigenvalue weighted by Crippen LogP contribution is -1.94. The molecule has 0 amide bonds. The number of hydrogen-bond donors (Lipinski definition) is 0. The summed E-state index contributed by atoms with van der Waals surface area (Å²) in [6.07, 6.45) is 0. The van der Waals surface area contributed by atoms with Crippen LogP contribution in [0.4, 0.5) is 0 Å². The van der Waals surface area contributed by atoms with Gasteiger partial charge in [0.05, 0.1) is 22.6 Å². The first-order valence-corrected chi connectivity index (χ1v) is 12.3. The summed E-state index contributed by atoms with van der Waals surface area (Å²) in [6, 6.07) is 43.0. The number of nitrogens with zero attached hydrogens (tertiary/aromatic N) is 2. The molecule has 0 aliphatic heterocycles. The van der Waals surface area contributed by atoms with Gasteiger partial charge in [0.25, 0.3) is 0 Å². The van der Waals surface area contributed by atoms with Gasteiger partial charge in [-0.2, -0.15) is 0 Å². The van der Waals surface area contributed by atoms with Gasteiger partial charge in [-0.1, -0.05) is 103 Å². The number of hydrogen-bond acceptors (Lipinski definition) is 2. The molecule has 0 aliphatic rings. The van der Waals surface area contributed by atoms with Crippen molar-refractivity contribution in [3.63, 3.8) is 0 Å². The molecule has 0 bridgehead atoms. The first-order valence-electron chi connectivity index (χ1n) is 12.3. The Labute approximate surface area is 207 Å². The Morgan fingerprint density at radius 3 is 1.86 bits per heavy atom. The van der Waals surface area contributed by atoms with Gasteiger partial charge in [0, 0.05) is 16.3 Å². The molecule has 0 radical (unpaired) electrons. The fraction of sp³-hybridized carbons (Fsp3) is 0. The van der Waals surface area contributed by atoms with Crippen molar-refractivity contribution in [2.45, 2.75) is 0 Å². The lowest BCUT2D eigenvalue weighted by molar-refractivity contribution is 1.29. The van der Waals surface area contributed by atoms with Gasteiger partial charge in [-0.3, -0.25) is 0 Å². The highest BCUT2D eigenvalue weighted by atomic mass is 14.8. The zero-order valence-electron chi connectivity index (χ0n) is 19.4. The van der Waals surface area contributed by atoms with Crippen molar-refractivity contribution in [2.75, 3.05) is 0 Å². The number of rotatable bonds is 2. The van der Waals surface area contributed by atoms with E-state index < -0.39 is 0 Å². The SMILES string of the molecule is c1cc(-c2nc3ccccc3c3ccccc23)nc(-c2ccc3ccc4cccc5ccc2c3c45)c1. The third-order valence-corrected chi connectivity index (χ3v) is 7.40. The van der Waals surface area contributed by atoms with E-state index in [9.17, 15) is 0 Å². The standard InChI is InChI=1S/C34H20N2/c1-2-11-28-24(9-1)25-10-3-4-12-30(25)36-34(28)31-14-6-13-29(35-31)26-19-17-23-16-15-21-7-5-8-22-18-20-27(26)33(23)32(21)22/h1-20H. The highest BCUT2D eigenvalue weighted by Gasteiger charge is 2.15. The maximum atomic E-state index is 5.19. The minimum atomic E-state index is 0.889. The van der Waals surface area contributed by atoms with Gasteiger partial charge in [-0.25, -0.2) is 9.97 Å². The average molecular weight is 457 g/mol. The van der Waals surface area contributed by atoms with E-state index in [1.165, 1.54) is 43.1 Å². The van der Waals surface area contributed by atoms with E-state index in [0.717, 1.165) is 33.5 Å². The highest BCUT2D eigenvalue weighted by molar-refractivity contribution is 6.25. The fourth-order valence-electron chi connectivity index (χ4n) is 5.77. The Hall–Kier alpha value is -4.82. The summed E-state index contributed by atoms with van der Waals surface area (Å²) in [4.78, 5) is 10.3. The summed E-state index contributed by atoms with van der Waals surface area (Å²) in [6.45, 7) is 0. The maximum absolute atomic E-state index is 5.19. The molecule has 0 fully saturated rings. The molecule has 6 aromatic carbocycles. The molecule has 0 spiro atoms. The van der Waals surface area contributed by atoms with Gasteiger partial charge < -0.3 is 0 Å². The molecule has 2 nitrogen and oxygen atoms in total. The predicted octanol–water partition coefficient (Wildman–Crippen LogP) is 9.01. The Kier molecular flexibility index (Phi) is 3.97. The van der Waals surface area contributed by atoms with Crippen LogP contribution >= 0.6 is 0 Å². The van der Waals surface area contributed by atoms with E-state index in [2.05, 4.69) is 115 Å². The largest absolute Gasteiger partial charge is 0.246 e. The number of aromatic nitrogens is 2. The minimum absolute atomic E-state index is 0.889. The molecule has 8 rings (SSSR count). The van der Waals surface area contributed by atoms with Crippen LogP contribution in [0.2, 0.25) is 0 Å². The van der Waals surface area contributed by atoms with E-state index in [0.29, 0.717) is 0 Å². The fourth-order valence-corrected chi connectivity index (χ4v) is 5.77. The van der Waals surface area contributed by atoms with Gasteiger partial charge in [-0.05, 0) is 55.9 Å². The van der Waals surface area contributed by atoms with Crippen molar-refractivity contribution >= 4 is 54.0 Å². The molecule has 0 atom stereocenters. The first kappa shape index (κ1) is 19.5. The van der Waals surface area contributed by atoms with Gasteiger partial charge in [0.2, 0.25) is 0 Å². The van der Waals surface area contributed by atoms with E-state index in [4.69, 9.17) is 9.97 Å². The lowest BCUT2D eigenvalue weighted by atomic mass is 9.91. The molecule has 2 aromatic heterocycles. The smallest absolute Gasteiger partial charge is 0.0972 e. The second kappa shape index (κ2) is 7.34. The summed E-state index contributed by atoms with van der Waals surface area (Å²) in [5, 5.41) is 11.2. The van der Waals surface area contributed by atoms with Crippen LogP contribution in [0.25, 0.3) is 76.6 Å². The van der Waals surface area contributed by atoms with Gasteiger partial charge in [-0.15, -0.1) is 0 Å². The maximum Gasteiger partial charge on any atom is 0.0972 e. The van der Waals surface area contributed by atoms with Crippen molar-refractivity contribution in [3.05, 3.63) is 121 Å². The lowest BCUT2D eigenvalue weighted by Gasteiger charge is -2.14. The van der Waals surface area contributed by atoms with Crippen LogP contribution < -0.4 is 0 Å². The van der Waals surface area contributed by atoms with E-state index in [1.54, 1.807) is 0 Å². The molecular weight excluding hydrogens is 436 g/mol. The van der Waals surface area contributed by atoms with Crippen LogP contribution in [-0.2, 0) is 0 Å². The van der Waals surface area contributed by atoms with Gasteiger partial charge in [0.15, 0.2) is 0 Å². The summed E-state index contributed by atoms with van der Waals surface area (Å²) in [5.41, 5.74) is 4.90. The minimum Gasteiger partial charge on any atom is -0.246 e. The quantitative estimate of drug-likeness (QED) is 0.243. The third-order valence-electron chi connectivity index (χ3n) is 7.40. The van der Waals surface area contributed by atoms with Crippen LogP contribution in [0, 0.1) is 0 Å². The Morgan fingerprint density at radius 2 is 1.00 bits per heavy atom. The Balaban J connectivity index is 1.40. The van der Waals surface area contributed by atoms with E-state index in [-0.39, 0.29) is 0 Å².